The molecule has 4 aliphatic carbocycles. The Labute approximate surface area is 201 Å². The van der Waals surface area contributed by atoms with Crippen LogP contribution in [-0.4, -0.2) is 14.1 Å². The van der Waals surface area contributed by atoms with Gasteiger partial charge in [0.25, 0.3) is 0 Å². The molecule has 3 saturated carbocycles. The van der Waals surface area contributed by atoms with Crippen molar-refractivity contribution >= 4 is 5.69 Å². The number of benzene rings is 2. The van der Waals surface area contributed by atoms with Gasteiger partial charge in [-0.3, -0.25) is 0 Å². The number of allylic oxidation sites excluding steroid dienone is 2. The summed E-state index contributed by atoms with van der Waals surface area (Å²) in [4.78, 5) is 2.23. The van der Waals surface area contributed by atoms with Crippen molar-refractivity contribution in [3.63, 3.8) is 0 Å². The van der Waals surface area contributed by atoms with E-state index in [1.807, 2.05) is 11.1 Å². The number of hydrogen-bond acceptors (Lipinski definition) is 1. The van der Waals surface area contributed by atoms with Crippen molar-refractivity contribution in [1.29, 1.82) is 0 Å². The second-order valence-electron chi connectivity index (χ2n) is 12.0. The van der Waals surface area contributed by atoms with E-state index in [4.69, 9.17) is 0 Å². The third-order valence-electron chi connectivity index (χ3n) is 10.3. The molecule has 4 aliphatic rings. The predicted molar refractivity (Wildman–Crippen MR) is 140 cm³/mol. The van der Waals surface area contributed by atoms with E-state index in [-0.39, 0.29) is 0 Å². The Bertz CT molecular complexity index is 1020. The van der Waals surface area contributed by atoms with Gasteiger partial charge in [-0.25, -0.2) is 0 Å². The Hall–Kier alpha value is -2.02. The molecule has 6 rings (SSSR count). The molecule has 6 atom stereocenters. The first-order valence-electron chi connectivity index (χ1n) is 13.6. The second-order valence-corrected chi connectivity index (χ2v) is 12.0. The van der Waals surface area contributed by atoms with Crippen LogP contribution in [0.2, 0.25) is 0 Å². The van der Waals surface area contributed by atoms with Gasteiger partial charge in [-0.2, -0.15) is 0 Å². The van der Waals surface area contributed by atoms with Crippen LogP contribution in [0.15, 0.2) is 65.7 Å². The maximum atomic E-state index is 2.68. The standard InChI is InChI=1S/C32H41N/c1-32-21-28(23-13-16-25(17-14-23)33(2)3)31-26-12-8-7-9-22(26)15-18-27(31)30(32)20-19-29(32)24-10-5-4-6-11-24/h4-6,10-11,13-14,16-17,22,27-30H,7-9,12,15,18-21H2,1-3H3/t22?,27-,28+,29-,30-,32+/m0/s1. The van der Waals surface area contributed by atoms with Gasteiger partial charge in [-0.05, 0) is 104 Å². The lowest BCUT2D eigenvalue weighted by Gasteiger charge is -2.54. The van der Waals surface area contributed by atoms with Crippen LogP contribution in [0.25, 0.3) is 0 Å². The van der Waals surface area contributed by atoms with Crippen molar-refractivity contribution in [3.8, 4) is 0 Å². The summed E-state index contributed by atoms with van der Waals surface area (Å²) in [5.74, 6) is 3.91. The number of rotatable bonds is 3. The first-order chi connectivity index (χ1) is 16.1. The highest BCUT2D eigenvalue weighted by Crippen LogP contribution is 2.68. The molecular formula is C32H41N. The number of nitrogens with zero attached hydrogens (tertiary/aromatic N) is 1. The average molecular weight is 440 g/mol. The summed E-state index contributed by atoms with van der Waals surface area (Å²) in [6, 6.07) is 21.2. The molecule has 0 radical (unpaired) electrons. The summed E-state index contributed by atoms with van der Waals surface area (Å²) in [7, 11) is 4.30. The molecular weight excluding hydrogens is 398 g/mol. The molecule has 0 bridgehead atoms. The van der Waals surface area contributed by atoms with E-state index in [2.05, 4.69) is 80.5 Å². The van der Waals surface area contributed by atoms with Gasteiger partial charge in [0.05, 0.1) is 0 Å². The number of fused-ring (bicyclic) bond motifs is 4. The summed E-state index contributed by atoms with van der Waals surface area (Å²) < 4.78 is 0. The lowest BCUT2D eigenvalue weighted by Crippen LogP contribution is -2.43. The van der Waals surface area contributed by atoms with Gasteiger partial charge in [0.1, 0.15) is 0 Å². The van der Waals surface area contributed by atoms with Crippen molar-refractivity contribution in [1.82, 2.24) is 0 Å². The molecule has 1 nitrogen and oxygen atoms in total. The topological polar surface area (TPSA) is 3.24 Å². The quantitative estimate of drug-likeness (QED) is 0.434. The van der Waals surface area contributed by atoms with Crippen molar-refractivity contribution in [3.05, 3.63) is 76.9 Å². The van der Waals surface area contributed by atoms with Crippen LogP contribution in [0.4, 0.5) is 5.69 Å². The third kappa shape index (κ3) is 3.49. The zero-order chi connectivity index (χ0) is 22.6. The first-order valence-corrected chi connectivity index (χ1v) is 13.6. The van der Waals surface area contributed by atoms with Crippen LogP contribution >= 0.6 is 0 Å². The van der Waals surface area contributed by atoms with Crippen molar-refractivity contribution < 1.29 is 0 Å². The Morgan fingerprint density at radius 1 is 0.788 bits per heavy atom. The molecule has 2 aromatic carbocycles. The van der Waals surface area contributed by atoms with Gasteiger partial charge < -0.3 is 4.90 Å². The molecule has 174 valence electrons. The van der Waals surface area contributed by atoms with Gasteiger partial charge in [-0.15, -0.1) is 0 Å². The van der Waals surface area contributed by atoms with Gasteiger partial charge in [0.15, 0.2) is 0 Å². The highest BCUT2D eigenvalue weighted by atomic mass is 15.1. The molecule has 33 heavy (non-hydrogen) atoms. The summed E-state index contributed by atoms with van der Waals surface area (Å²) in [6.07, 6.45) is 12.7. The first kappa shape index (κ1) is 21.5. The number of hydrogen-bond donors (Lipinski definition) is 0. The van der Waals surface area contributed by atoms with Crippen molar-refractivity contribution in [2.24, 2.45) is 23.2 Å². The Morgan fingerprint density at radius 3 is 2.33 bits per heavy atom. The normalized spacial score (nSPS) is 35.5. The maximum absolute atomic E-state index is 2.68. The van der Waals surface area contributed by atoms with Crippen molar-refractivity contribution in [2.75, 3.05) is 19.0 Å². The average Bonchev–Trinajstić information content (AvgIpc) is 3.21. The maximum Gasteiger partial charge on any atom is 0.0361 e. The fourth-order valence-corrected chi connectivity index (χ4v) is 8.76. The fraction of sp³-hybridized carbons (Fsp3) is 0.562. The Morgan fingerprint density at radius 2 is 1.58 bits per heavy atom. The molecule has 0 aromatic heterocycles. The van der Waals surface area contributed by atoms with E-state index in [0.717, 1.165) is 17.8 Å². The van der Waals surface area contributed by atoms with Crippen molar-refractivity contribution in [2.45, 2.75) is 76.5 Å². The van der Waals surface area contributed by atoms with Crippen LogP contribution in [0.5, 0.6) is 0 Å². The number of anilines is 1. The summed E-state index contributed by atoms with van der Waals surface area (Å²) in [6.45, 7) is 2.68. The van der Waals surface area contributed by atoms with Gasteiger partial charge in [0.2, 0.25) is 0 Å². The zero-order valence-electron chi connectivity index (χ0n) is 20.9. The van der Waals surface area contributed by atoms with Crippen LogP contribution in [0.3, 0.4) is 0 Å². The van der Waals surface area contributed by atoms with E-state index in [1.54, 1.807) is 11.1 Å². The second kappa shape index (κ2) is 8.33. The summed E-state index contributed by atoms with van der Waals surface area (Å²) in [5.41, 5.74) is 8.74. The molecule has 0 N–H and O–H groups in total. The molecule has 1 heteroatoms. The van der Waals surface area contributed by atoms with E-state index in [9.17, 15) is 0 Å². The molecule has 3 fully saturated rings. The summed E-state index contributed by atoms with van der Waals surface area (Å²) in [5, 5.41) is 0. The Balaban J connectivity index is 1.46. The SMILES string of the molecule is CN(C)c1ccc([C@H]2C[C@]3(C)[C@H](c4ccccc4)CC[C@H]3[C@@H]3CCC4CCCCC4=C32)cc1. The zero-order valence-corrected chi connectivity index (χ0v) is 20.9. The van der Waals surface area contributed by atoms with E-state index in [1.165, 1.54) is 63.5 Å². The lowest BCUT2D eigenvalue weighted by molar-refractivity contribution is 0.0810. The summed E-state index contributed by atoms with van der Waals surface area (Å²) >= 11 is 0. The molecule has 0 spiro atoms. The minimum Gasteiger partial charge on any atom is -0.378 e. The van der Waals surface area contributed by atoms with Gasteiger partial charge in [-0.1, -0.05) is 67.0 Å². The highest BCUT2D eigenvalue weighted by Gasteiger charge is 2.56. The van der Waals surface area contributed by atoms with E-state index >= 15 is 0 Å². The molecule has 2 aromatic rings. The van der Waals surface area contributed by atoms with Gasteiger partial charge in [0, 0.05) is 25.7 Å². The third-order valence-corrected chi connectivity index (χ3v) is 10.3. The lowest BCUT2D eigenvalue weighted by atomic mass is 9.51. The molecule has 1 unspecified atom stereocenters. The minimum atomic E-state index is 0.405. The molecule has 0 heterocycles. The fourth-order valence-electron chi connectivity index (χ4n) is 8.76. The molecule has 0 aliphatic heterocycles. The van der Waals surface area contributed by atoms with Crippen LogP contribution < -0.4 is 4.90 Å². The van der Waals surface area contributed by atoms with Gasteiger partial charge >= 0.3 is 0 Å². The van der Waals surface area contributed by atoms with Crippen LogP contribution in [0.1, 0.15) is 87.7 Å². The Kier molecular flexibility index (Phi) is 5.43. The highest BCUT2D eigenvalue weighted by molar-refractivity contribution is 5.49. The van der Waals surface area contributed by atoms with E-state index < -0.39 is 0 Å². The predicted octanol–water partition coefficient (Wildman–Crippen LogP) is 8.34. The minimum absolute atomic E-state index is 0.405. The van der Waals surface area contributed by atoms with Crippen LogP contribution in [-0.2, 0) is 0 Å². The molecule has 0 saturated heterocycles. The van der Waals surface area contributed by atoms with Crippen LogP contribution in [0, 0.1) is 23.2 Å². The largest absolute Gasteiger partial charge is 0.378 e. The monoisotopic (exact) mass is 439 g/mol. The smallest absolute Gasteiger partial charge is 0.0361 e. The van der Waals surface area contributed by atoms with E-state index in [0.29, 0.717) is 17.3 Å². The molecule has 0 amide bonds.